The lowest BCUT2D eigenvalue weighted by molar-refractivity contribution is 0.226. The smallest absolute Gasteiger partial charge is 0.162 e. The molecule has 1 aliphatic rings. The van der Waals surface area contributed by atoms with Crippen molar-refractivity contribution in [2.45, 2.75) is 25.5 Å². The Morgan fingerprint density at radius 3 is 2.33 bits per heavy atom. The van der Waals surface area contributed by atoms with Gasteiger partial charge in [-0.1, -0.05) is 42.5 Å². The topological polar surface area (TPSA) is 30.9 Å². The quantitative estimate of drug-likeness (QED) is 0.552. The van der Waals surface area contributed by atoms with Crippen LogP contribution in [0.15, 0.2) is 66.7 Å². The first-order valence-corrected chi connectivity index (χ1v) is 10.4. The van der Waals surface area contributed by atoms with Gasteiger partial charge >= 0.3 is 0 Å². The average Bonchev–Trinajstić information content (AvgIpc) is 2.80. The van der Waals surface area contributed by atoms with Gasteiger partial charge in [0.25, 0.3) is 0 Å². The summed E-state index contributed by atoms with van der Waals surface area (Å²) < 4.78 is 17.1. The summed E-state index contributed by atoms with van der Waals surface area (Å²) >= 11 is 0. The Morgan fingerprint density at radius 1 is 0.867 bits per heavy atom. The van der Waals surface area contributed by atoms with Crippen LogP contribution in [0.5, 0.6) is 17.2 Å². The Labute approximate surface area is 179 Å². The van der Waals surface area contributed by atoms with Crippen molar-refractivity contribution in [3.05, 3.63) is 89.0 Å². The van der Waals surface area contributed by atoms with Crippen LogP contribution < -0.4 is 14.2 Å². The predicted octanol–water partition coefficient (Wildman–Crippen LogP) is 5.05. The molecule has 1 atom stereocenters. The minimum absolute atomic E-state index is 0.298. The largest absolute Gasteiger partial charge is 0.497 e. The zero-order valence-electron chi connectivity index (χ0n) is 17.9. The van der Waals surface area contributed by atoms with Gasteiger partial charge in [-0.3, -0.25) is 4.90 Å². The molecule has 4 nitrogen and oxygen atoms in total. The number of benzene rings is 3. The number of methoxy groups -OCH3 is 2. The molecule has 0 unspecified atom stereocenters. The molecule has 0 bridgehead atoms. The van der Waals surface area contributed by atoms with Crippen LogP contribution in [0.25, 0.3) is 0 Å². The van der Waals surface area contributed by atoms with Crippen LogP contribution in [0, 0.1) is 0 Å². The summed E-state index contributed by atoms with van der Waals surface area (Å²) in [6.45, 7) is 1.55. The van der Waals surface area contributed by atoms with Gasteiger partial charge in [0.2, 0.25) is 0 Å². The normalized spacial score (nSPS) is 16.0. The number of fused-ring (bicyclic) bond motifs is 1. The van der Waals surface area contributed by atoms with Crippen LogP contribution in [0.3, 0.4) is 0 Å². The SMILES string of the molecule is COc1ccc(C[C@H]2c3cc(OCc4ccccc4)c(OC)cc3CCN2C)cc1. The molecule has 0 radical (unpaired) electrons. The molecule has 30 heavy (non-hydrogen) atoms. The first kappa shape index (κ1) is 20.3. The van der Waals surface area contributed by atoms with Crippen LogP contribution in [0.4, 0.5) is 0 Å². The molecule has 0 N–H and O–H groups in total. The third kappa shape index (κ3) is 4.44. The molecule has 3 aromatic carbocycles. The van der Waals surface area contributed by atoms with E-state index < -0.39 is 0 Å². The fourth-order valence-corrected chi connectivity index (χ4v) is 4.09. The standard InChI is InChI=1S/C26H29NO3/c1-27-14-13-21-16-25(29-3)26(30-18-20-7-5-4-6-8-20)17-23(21)24(27)15-19-9-11-22(28-2)12-10-19/h4-12,16-17,24H,13-15,18H2,1-3H3/t24-/m0/s1. The van der Waals surface area contributed by atoms with Crippen molar-refractivity contribution in [2.75, 3.05) is 27.8 Å². The molecule has 0 amide bonds. The highest BCUT2D eigenvalue weighted by Gasteiger charge is 2.27. The van der Waals surface area contributed by atoms with E-state index in [1.54, 1.807) is 14.2 Å². The van der Waals surface area contributed by atoms with Crippen molar-refractivity contribution in [3.63, 3.8) is 0 Å². The van der Waals surface area contributed by atoms with E-state index in [1.165, 1.54) is 16.7 Å². The fourth-order valence-electron chi connectivity index (χ4n) is 4.09. The minimum Gasteiger partial charge on any atom is -0.497 e. The third-order valence-electron chi connectivity index (χ3n) is 5.88. The van der Waals surface area contributed by atoms with Crippen LogP contribution in [0.2, 0.25) is 0 Å². The maximum Gasteiger partial charge on any atom is 0.162 e. The predicted molar refractivity (Wildman–Crippen MR) is 120 cm³/mol. The van der Waals surface area contributed by atoms with E-state index in [9.17, 15) is 0 Å². The van der Waals surface area contributed by atoms with Gasteiger partial charge in [-0.25, -0.2) is 0 Å². The lowest BCUT2D eigenvalue weighted by Gasteiger charge is -2.35. The molecule has 0 spiro atoms. The molecule has 0 saturated heterocycles. The Bertz CT molecular complexity index is 970. The molecule has 1 heterocycles. The Kier molecular flexibility index (Phi) is 6.24. The van der Waals surface area contributed by atoms with E-state index in [2.05, 4.69) is 48.3 Å². The summed E-state index contributed by atoms with van der Waals surface area (Å²) in [6.07, 6.45) is 1.96. The van der Waals surface area contributed by atoms with Crippen molar-refractivity contribution < 1.29 is 14.2 Å². The number of hydrogen-bond acceptors (Lipinski definition) is 4. The maximum absolute atomic E-state index is 6.18. The second-order valence-corrected chi connectivity index (χ2v) is 7.77. The summed E-state index contributed by atoms with van der Waals surface area (Å²) in [5.41, 5.74) is 5.10. The number of nitrogens with zero attached hydrogens (tertiary/aromatic N) is 1. The van der Waals surface area contributed by atoms with Gasteiger partial charge in [0.1, 0.15) is 12.4 Å². The summed E-state index contributed by atoms with van der Waals surface area (Å²) in [6, 6.07) is 23.2. The molecule has 3 aromatic rings. The van der Waals surface area contributed by atoms with Crippen LogP contribution in [0.1, 0.15) is 28.3 Å². The number of rotatable bonds is 7. The molecule has 4 heteroatoms. The second-order valence-electron chi connectivity index (χ2n) is 7.77. The van der Waals surface area contributed by atoms with Gasteiger partial charge in [0.15, 0.2) is 11.5 Å². The summed E-state index contributed by atoms with van der Waals surface area (Å²) in [4.78, 5) is 2.43. The Morgan fingerprint density at radius 2 is 1.63 bits per heavy atom. The molecule has 1 aliphatic heterocycles. The Hall–Kier alpha value is -2.98. The lowest BCUT2D eigenvalue weighted by Crippen LogP contribution is -2.33. The van der Waals surface area contributed by atoms with Gasteiger partial charge in [0, 0.05) is 12.6 Å². The number of hydrogen-bond donors (Lipinski definition) is 0. The Balaban J connectivity index is 1.61. The van der Waals surface area contributed by atoms with Crippen LogP contribution >= 0.6 is 0 Å². The molecular formula is C26H29NO3. The first-order valence-electron chi connectivity index (χ1n) is 10.4. The van der Waals surface area contributed by atoms with Crippen LogP contribution in [-0.2, 0) is 19.4 Å². The highest BCUT2D eigenvalue weighted by molar-refractivity contribution is 5.50. The van der Waals surface area contributed by atoms with Crippen molar-refractivity contribution in [1.82, 2.24) is 4.90 Å². The highest BCUT2D eigenvalue weighted by Crippen LogP contribution is 2.39. The van der Waals surface area contributed by atoms with E-state index in [0.29, 0.717) is 12.6 Å². The maximum atomic E-state index is 6.18. The average molecular weight is 404 g/mol. The number of ether oxygens (including phenoxy) is 3. The van der Waals surface area contributed by atoms with Crippen LogP contribution in [-0.4, -0.2) is 32.7 Å². The molecule has 4 rings (SSSR count). The van der Waals surface area contributed by atoms with Gasteiger partial charge < -0.3 is 14.2 Å². The van der Waals surface area contributed by atoms with E-state index in [0.717, 1.165) is 42.2 Å². The monoisotopic (exact) mass is 403 g/mol. The van der Waals surface area contributed by atoms with Crippen molar-refractivity contribution in [2.24, 2.45) is 0 Å². The van der Waals surface area contributed by atoms with E-state index in [1.807, 2.05) is 30.3 Å². The summed E-state index contributed by atoms with van der Waals surface area (Å²) in [5, 5.41) is 0. The number of likely N-dealkylation sites (N-methyl/N-ethyl adjacent to an activating group) is 1. The van der Waals surface area contributed by atoms with Crippen molar-refractivity contribution in [3.8, 4) is 17.2 Å². The zero-order valence-corrected chi connectivity index (χ0v) is 17.9. The molecule has 156 valence electrons. The van der Waals surface area contributed by atoms with Gasteiger partial charge in [-0.15, -0.1) is 0 Å². The van der Waals surface area contributed by atoms with Gasteiger partial charge in [-0.2, -0.15) is 0 Å². The molecule has 0 aliphatic carbocycles. The second kappa shape index (κ2) is 9.23. The van der Waals surface area contributed by atoms with Gasteiger partial charge in [-0.05, 0) is 66.4 Å². The highest BCUT2D eigenvalue weighted by atomic mass is 16.5. The lowest BCUT2D eigenvalue weighted by atomic mass is 9.88. The fraction of sp³-hybridized carbons (Fsp3) is 0.308. The molecule has 0 fully saturated rings. The zero-order chi connectivity index (χ0) is 20.9. The molecule has 0 saturated carbocycles. The van der Waals surface area contributed by atoms with Gasteiger partial charge in [0.05, 0.1) is 14.2 Å². The first-order chi connectivity index (χ1) is 14.7. The van der Waals surface area contributed by atoms with E-state index in [4.69, 9.17) is 14.2 Å². The minimum atomic E-state index is 0.298. The van der Waals surface area contributed by atoms with E-state index in [-0.39, 0.29) is 0 Å². The van der Waals surface area contributed by atoms with Crippen molar-refractivity contribution in [1.29, 1.82) is 0 Å². The molecule has 0 aromatic heterocycles. The summed E-state index contributed by atoms with van der Waals surface area (Å²) in [5.74, 6) is 2.49. The summed E-state index contributed by atoms with van der Waals surface area (Å²) in [7, 11) is 5.61. The van der Waals surface area contributed by atoms with Crippen molar-refractivity contribution >= 4 is 0 Å². The van der Waals surface area contributed by atoms with E-state index >= 15 is 0 Å². The molecular weight excluding hydrogens is 374 g/mol. The third-order valence-corrected chi connectivity index (χ3v) is 5.88.